The van der Waals surface area contributed by atoms with Crippen LogP contribution in [0, 0.1) is 0 Å². The topological polar surface area (TPSA) is 68.9 Å². The molecule has 3 N–H and O–H groups in total. The molecule has 0 bridgehead atoms. The van der Waals surface area contributed by atoms with Crippen molar-refractivity contribution in [3.63, 3.8) is 0 Å². The van der Waals surface area contributed by atoms with E-state index >= 15 is 0 Å². The third kappa shape index (κ3) is 5.01. The Hall–Kier alpha value is -1.48. The number of rotatable bonds is 5. The minimum Gasteiger partial charge on any atom is -0.493 e. The Morgan fingerprint density at radius 1 is 1.12 bits per heavy atom. The maximum atomic E-state index is 6.03. The van der Waals surface area contributed by atoms with Crippen LogP contribution in [0.2, 0.25) is 0 Å². The first-order chi connectivity index (χ1) is 11.6. The van der Waals surface area contributed by atoms with Crippen LogP contribution >= 0.6 is 39.9 Å². The highest BCUT2D eigenvalue weighted by atomic mass is 127. The first-order valence-electron chi connectivity index (χ1n) is 7.68. The molecule has 2 atom stereocenters. The van der Waals surface area contributed by atoms with Crippen molar-refractivity contribution >= 4 is 51.6 Å². The van der Waals surface area contributed by atoms with Gasteiger partial charge in [-0.2, -0.15) is 0 Å². The number of ether oxygens (including phenoxy) is 2. The molecule has 134 valence electrons. The normalized spacial score (nSPS) is 18.9. The number of nitrogens with one attached hydrogen (secondary N) is 1. The molecule has 1 aliphatic carbocycles. The van der Waals surface area contributed by atoms with Crippen LogP contribution in [0.5, 0.6) is 11.5 Å². The van der Waals surface area contributed by atoms with E-state index in [-0.39, 0.29) is 30.0 Å². The predicted molar refractivity (Wildman–Crippen MR) is 115 cm³/mol. The van der Waals surface area contributed by atoms with Crippen molar-refractivity contribution in [2.24, 2.45) is 10.7 Å². The van der Waals surface area contributed by atoms with E-state index in [1.807, 2.05) is 18.2 Å². The highest BCUT2D eigenvalue weighted by Gasteiger charge is 2.38. The van der Waals surface area contributed by atoms with Gasteiger partial charge in [-0.1, -0.05) is 28.1 Å². The number of methoxy groups -OCH3 is 2. The van der Waals surface area contributed by atoms with E-state index in [9.17, 15) is 0 Å². The summed E-state index contributed by atoms with van der Waals surface area (Å²) in [5.41, 5.74) is 8.14. The Morgan fingerprint density at radius 2 is 1.80 bits per heavy atom. The molecule has 2 aromatic rings. The second-order valence-electron chi connectivity index (χ2n) is 5.67. The van der Waals surface area contributed by atoms with Gasteiger partial charge in [0.1, 0.15) is 0 Å². The molecule has 5 nitrogen and oxygen atoms in total. The first kappa shape index (κ1) is 19.8. The number of hydrogen-bond acceptors (Lipinski definition) is 3. The molecule has 25 heavy (non-hydrogen) atoms. The fourth-order valence-electron chi connectivity index (χ4n) is 2.67. The number of nitrogens with zero attached hydrogens (tertiary/aromatic N) is 1. The Morgan fingerprint density at radius 3 is 2.44 bits per heavy atom. The molecule has 1 saturated carbocycles. The zero-order valence-corrected chi connectivity index (χ0v) is 17.9. The van der Waals surface area contributed by atoms with Crippen molar-refractivity contribution in [1.29, 1.82) is 0 Å². The largest absolute Gasteiger partial charge is 0.493 e. The van der Waals surface area contributed by atoms with Gasteiger partial charge in [0.2, 0.25) is 0 Å². The lowest BCUT2D eigenvalue weighted by Crippen LogP contribution is -2.23. The summed E-state index contributed by atoms with van der Waals surface area (Å²) in [7, 11) is 3.21. The van der Waals surface area contributed by atoms with Crippen LogP contribution < -0.4 is 20.5 Å². The van der Waals surface area contributed by atoms with Crippen molar-refractivity contribution in [1.82, 2.24) is 0 Å². The second kappa shape index (κ2) is 8.75. The molecule has 0 saturated heterocycles. The Kier molecular flexibility index (Phi) is 6.95. The summed E-state index contributed by atoms with van der Waals surface area (Å²) in [4.78, 5) is 4.56. The Labute approximate surface area is 173 Å². The van der Waals surface area contributed by atoms with Crippen LogP contribution in [-0.2, 0) is 0 Å². The van der Waals surface area contributed by atoms with Crippen molar-refractivity contribution in [3.8, 4) is 11.5 Å². The molecule has 0 radical (unpaired) electrons. The number of hydrogen-bond donors (Lipinski definition) is 2. The van der Waals surface area contributed by atoms with Gasteiger partial charge in [-0.25, -0.2) is 4.99 Å². The molecule has 0 aromatic heterocycles. The lowest BCUT2D eigenvalue weighted by Gasteiger charge is -2.11. The maximum absolute atomic E-state index is 6.03. The highest BCUT2D eigenvalue weighted by molar-refractivity contribution is 14.0. The van der Waals surface area contributed by atoms with E-state index in [0.717, 1.165) is 16.6 Å². The van der Waals surface area contributed by atoms with Crippen molar-refractivity contribution in [3.05, 3.63) is 52.5 Å². The Balaban J connectivity index is 0.00000225. The number of benzene rings is 2. The Bertz CT molecular complexity index is 752. The number of halogens is 2. The SMILES string of the molecule is COc1ccc(NC(N)=N[C@@H]2C[C@H]2c2ccc(Br)cc2)cc1OC.I. The molecular weight excluding hydrogens is 497 g/mol. The van der Waals surface area contributed by atoms with Crippen molar-refractivity contribution in [2.45, 2.75) is 18.4 Å². The van der Waals surface area contributed by atoms with E-state index in [0.29, 0.717) is 23.4 Å². The zero-order valence-electron chi connectivity index (χ0n) is 14.0. The number of anilines is 1. The molecule has 0 heterocycles. The average Bonchev–Trinajstić information content (AvgIpc) is 3.34. The summed E-state index contributed by atoms with van der Waals surface area (Å²) in [6, 6.07) is 14.1. The smallest absolute Gasteiger partial charge is 0.193 e. The quantitative estimate of drug-likeness (QED) is 0.351. The molecule has 0 spiro atoms. The second-order valence-corrected chi connectivity index (χ2v) is 6.59. The van der Waals surface area contributed by atoms with E-state index in [4.69, 9.17) is 15.2 Å². The third-order valence-electron chi connectivity index (χ3n) is 4.02. The van der Waals surface area contributed by atoms with Gasteiger partial charge in [-0.3, -0.25) is 0 Å². The molecule has 0 unspecified atom stereocenters. The first-order valence-corrected chi connectivity index (χ1v) is 8.48. The van der Waals surface area contributed by atoms with Gasteiger partial charge in [0.05, 0.1) is 20.3 Å². The van der Waals surface area contributed by atoms with Gasteiger partial charge in [0.25, 0.3) is 0 Å². The van der Waals surface area contributed by atoms with Crippen LogP contribution in [0.1, 0.15) is 17.9 Å². The predicted octanol–water partition coefficient (Wildman–Crippen LogP) is 4.37. The molecular formula is C18H21BrIN3O2. The van der Waals surface area contributed by atoms with Crippen molar-refractivity contribution < 1.29 is 9.47 Å². The minimum absolute atomic E-state index is 0. The monoisotopic (exact) mass is 517 g/mol. The fraction of sp³-hybridized carbons (Fsp3) is 0.278. The fourth-order valence-corrected chi connectivity index (χ4v) is 2.93. The van der Waals surface area contributed by atoms with Crippen LogP contribution in [0.15, 0.2) is 51.9 Å². The van der Waals surface area contributed by atoms with E-state index < -0.39 is 0 Å². The summed E-state index contributed by atoms with van der Waals surface area (Å²) >= 11 is 3.45. The van der Waals surface area contributed by atoms with E-state index in [1.54, 1.807) is 14.2 Å². The molecule has 1 aliphatic rings. The van der Waals surface area contributed by atoms with Crippen molar-refractivity contribution in [2.75, 3.05) is 19.5 Å². The van der Waals surface area contributed by atoms with E-state index in [2.05, 4.69) is 50.5 Å². The molecule has 2 aromatic carbocycles. The van der Waals surface area contributed by atoms with Gasteiger partial charge in [-0.15, -0.1) is 24.0 Å². The highest BCUT2D eigenvalue weighted by Crippen LogP contribution is 2.43. The third-order valence-corrected chi connectivity index (χ3v) is 4.54. The number of nitrogens with two attached hydrogens (primary N) is 1. The maximum Gasteiger partial charge on any atom is 0.193 e. The molecule has 1 fully saturated rings. The van der Waals surface area contributed by atoms with E-state index in [1.165, 1.54) is 5.56 Å². The van der Waals surface area contributed by atoms with Crippen LogP contribution in [0.25, 0.3) is 0 Å². The van der Waals surface area contributed by atoms with Gasteiger partial charge in [0.15, 0.2) is 17.5 Å². The lowest BCUT2D eigenvalue weighted by atomic mass is 10.1. The lowest BCUT2D eigenvalue weighted by molar-refractivity contribution is 0.355. The summed E-state index contributed by atoms with van der Waals surface area (Å²) in [6.45, 7) is 0. The minimum atomic E-state index is 0. The van der Waals surface area contributed by atoms with Gasteiger partial charge < -0.3 is 20.5 Å². The number of guanidine groups is 1. The van der Waals surface area contributed by atoms with Crippen LogP contribution in [-0.4, -0.2) is 26.2 Å². The molecule has 0 amide bonds. The van der Waals surface area contributed by atoms with Gasteiger partial charge in [-0.05, 0) is 36.2 Å². The summed E-state index contributed by atoms with van der Waals surface area (Å²) in [5.74, 6) is 2.18. The summed E-state index contributed by atoms with van der Waals surface area (Å²) in [5, 5.41) is 3.11. The van der Waals surface area contributed by atoms with Crippen LogP contribution in [0.4, 0.5) is 5.69 Å². The van der Waals surface area contributed by atoms with Gasteiger partial charge >= 0.3 is 0 Å². The molecule has 3 rings (SSSR count). The zero-order chi connectivity index (χ0) is 17.1. The molecule has 7 heteroatoms. The van der Waals surface area contributed by atoms with Crippen LogP contribution in [0.3, 0.4) is 0 Å². The average molecular weight is 518 g/mol. The summed E-state index contributed by atoms with van der Waals surface area (Å²) < 4.78 is 11.6. The standard InChI is InChI=1S/C18H20BrN3O2.HI/c1-23-16-8-7-13(9-17(16)24-2)21-18(20)22-15-10-14(15)11-3-5-12(19)6-4-11;/h3-9,14-15H,10H2,1-2H3,(H3,20,21,22);1H/t14-,15+;/m0./s1. The number of aliphatic imine (C=N–C) groups is 1. The molecule has 0 aliphatic heterocycles. The van der Waals surface area contributed by atoms with Gasteiger partial charge in [0, 0.05) is 22.1 Å². The summed E-state index contributed by atoms with van der Waals surface area (Å²) in [6.07, 6.45) is 1.02.